The Morgan fingerprint density at radius 1 is 1.07 bits per heavy atom. The van der Waals surface area contributed by atoms with Crippen molar-refractivity contribution in [2.45, 2.75) is 34.1 Å². The molecule has 6 nitrogen and oxygen atoms in total. The van der Waals surface area contributed by atoms with Crippen molar-refractivity contribution in [3.8, 4) is 11.5 Å². The average molecular weight is 367 g/mol. The molecule has 1 heterocycles. The summed E-state index contributed by atoms with van der Waals surface area (Å²) < 4.78 is 5.15. The van der Waals surface area contributed by atoms with Crippen LogP contribution in [-0.4, -0.2) is 16.1 Å². The van der Waals surface area contributed by atoms with Crippen LogP contribution in [-0.2, 0) is 11.2 Å². The molecule has 0 fully saturated rings. The van der Waals surface area contributed by atoms with E-state index >= 15 is 0 Å². The lowest BCUT2D eigenvalue weighted by molar-refractivity contribution is -0.115. The number of phenols is 2. The molecule has 6 heteroatoms. The highest BCUT2D eigenvalue weighted by atomic mass is 16.4. The van der Waals surface area contributed by atoms with Crippen LogP contribution in [0.5, 0.6) is 11.5 Å². The molecule has 0 atom stereocenters. The number of amides is 1. The van der Waals surface area contributed by atoms with E-state index in [9.17, 15) is 19.8 Å². The molecule has 0 saturated heterocycles. The Bertz CT molecular complexity index is 1100. The summed E-state index contributed by atoms with van der Waals surface area (Å²) in [5.74, 6) is -1.20. The van der Waals surface area contributed by atoms with Crippen LogP contribution in [0.4, 0.5) is 5.69 Å². The molecular formula is C21H21NO5. The fourth-order valence-electron chi connectivity index (χ4n) is 3.36. The number of anilines is 1. The fraction of sp³-hybridized carbons (Fsp3) is 0.238. The molecule has 1 amide bonds. The van der Waals surface area contributed by atoms with Gasteiger partial charge in [0.15, 0.2) is 11.3 Å². The zero-order valence-corrected chi connectivity index (χ0v) is 15.6. The third-order valence-electron chi connectivity index (χ3n) is 4.69. The number of rotatable bonds is 3. The summed E-state index contributed by atoms with van der Waals surface area (Å²) >= 11 is 0. The second kappa shape index (κ2) is 6.79. The molecule has 27 heavy (non-hydrogen) atoms. The van der Waals surface area contributed by atoms with Gasteiger partial charge in [-0.3, -0.25) is 4.79 Å². The number of aromatic hydroxyl groups is 2. The lowest BCUT2D eigenvalue weighted by Gasteiger charge is -2.13. The summed E-state index contributed by atoms with van der Waals surface area (Å²) in [5, 5.41) is 22.8. The van der Waals surface area contributed by atoms with E-state index in [2.05, 4.69) is 5.32 Å². The monoisotopic (exact) mass is 367 g/mol. The van der Waals surface area contributed by atoms with Gasteiger partial charge in [0, 0.05) is 11.1 Å². The second-order valence-corrected chi connectivity index (χ2v) is 6.80. The number of hydrogen-bond donors (Lipinski definition) is 3. The van der Waals surface area contributed by atoms with Crippen LogP contribution < -0.4 is 10.9 Å². The Balaban J connectivity index is 1.96. The number of phenolic OH excluding ortho intramolecular Hbond substituents is 2. The SMILES string of the molecule is Cc1cc(C)c(NC(=O)Cc2c(C)c3ccc(O)c(O)c3oc2=O)c(C)c1. The molecule has 1 aromatic heterocycles. The van der Waals surface area contributed by atoms with E-state index in [1.165, 1.54) is 6.07 Å². The smallest absolute Gasteiger partial charge is 0.340 e. The zero-order chi connectivity index (χ0) is 19.9. The summed E-state index contributed by atoms with van der Waals surface area (Å²) in [5.41, 5.74) is 3.68. The van der Waals surface area contributed by atoms with Gasteiger partial charge in [-0.25, -0.2) is 4.79 Å². The molecular weight excluding hydrogens is 346 g/mol. The molecule has 0 unspecified atom stereocenters. The third-order valence-corrected chi connectivity index (χ3v) is 4.69. The maximum Gasteiger partial charge on any atom is 0.340 e. The summed E-state index contributed by atoms with van der Waals surface area (Å²) in [7, 11) is 0. The average Bonchev–Trinajstić information content (AvgIpc) is 2.58. The van der Waals surface area contributed by atoms with E-state index in [0.717, 1.165) is 22.4 Å². The number of hydrogen-bond acceptors (Lipinski definition) is 5. The maximum atomic E-state index is 12.6. The van der Waals surface area contributed by atoms with Gasteiger partial charge in [0.2, 0.25) is 11.7 Å². The number of aryl methyl sites for hydroxylation is 4. The highest BCUT2D eigenvalue weighted by Gasteiger charge is 2.19. The van der Waals surface area contributed by atoms with Gasteiger partial charge in [0.1, 0.15) is 0 Å². The molecule has 0 aliphatic rings. The van der Waals surface area contributed by atoms with Crippen molar-refractivity contribution >= 4 is 22.6 Å². The summed E-state index contributed by atoms with van der Waals surface area (Å²) in [4.78, 5) is 24.9. The van der Waals surface area contributed by atoms with E-state index in [4.69, 9.17) is 4.42 Å². The normalized spacial score (nSPS) is 11.0. The number of carbonyl (C=O) groups is 1. The molecule has 2 aromatic carbocycles. The van der Waals surface area contributed by atoms with Crippen molar-refractivity contribution in [2.75, 3.05) is 5.32 Å². The number of fused-ring (bicyclic) bond motifs is 1. The Labute approximate surface area is 156 Å². The van der Waals surface area contributed by atoms with E-state index in [-0.39, 0.29) is 29.2 Å². The van der Waals surface area contributed by atoms with Crippen LogP contribution in [0.1, 0.15) is 27.8 Å². The minimum atomic E-state index is -0.714. The standard InChI is InChI=1S/C21H21NO5/c1-10-7-11(2)18(12(3)8-10)22-17(24)9-15-13(4)14-5-6-16(23)19(25)20(14)27-21(15)26/h5-8,23,25H,9H2,1-4H3,(H,22,24). The van der Waals surface area contributed by atoms with E-state index in [1.807, 2.05) is 32.9 Å². The van der Waals surface area contributed by atoms with Crippen molar-refractivity contribution < 1.29 is 19.4 Å². The number of nitrogens with one attached hydrogen (secondary N) is 1. The van der Waals surface area contributed by atoms with Gasteiger partial charge in [0.05, 0.1) is 12.0 Å². The molecule has 0 aliphatic carbocycles. The quantitative estimate of drug-likeness (QED) is 0.485. The first kappa shape index (κ1) is 18.5. The molecule has 0 radical (unpaired) electrons. The topological polar surface area (TPSA) is 99.8 Å². The van der Waals surface area contributed by atoms with Crippen molar-refractivity contribution in [1.82, 2.24) is 0 Å². The van der Waals surface area contributed by atoms with Crippen LogP contribution >= 0.6 is 0 Å². The van der Waals surface area contributed by atoms with Crippen molar-refractivity contribution in [3.05, 3.63) is 62.5 Å². The van der Waals surface area contributed by atoms with Gasteiger partial charge >= 0.3 is 5.63 Å². The highest BCUT2D eigenvalue weighted by molar-refractivity contribution is 5.95. The van der Waals surface area contributed by atoms with Gasteiger partial charge in [0.25, 0.3) is 0 Å². The first-order chi connectivity index (χ1) is 12.7. The predicted molar refractivity (Wildman–Crippen MR) is 104 cm³/mol. The van der Waals surface area contributed by atoms with Gasteiger partial charge in [-0.2, -0.15) is 0 Å². The van der Waals surface area contributed by atoms with Crippen LogP contribution in [0.2, 0.25) is 0 Å². The molecule has 0 saturated carbocycles. The third kappa shape index (κ3) is 3.38. The van der Waals surface area contributed by atoms with Crippen molar-refractivity contribution in [1.29, 1.82) is 0 Å². The van der Waals surface area contributed by atoms with Crippen LogP contribution in [0.15, 0.2) is 33.5 Å². The van der Waals surface area contributed by atoms with Crippen LogP contribution in [0.3, 0.4) is 0 Å². The molecule has 3 rings (SSSR count). The van der Waals surface area contributed by atoms with Crippen LogP contribution in [0, 0.1) is 27.7 Å². The van der Waals surface area contributed by atoms with Crippen molar-refractivity contribution in [3.63, 3.8) is 0 Å². The van der Waals surface area contributed by atoms with E-state index in [0.29, 0.717) is 10.9 Å². The lowest BCUT2D eigenvalue weighted by atomic mass is 10.0. The summed E-state index contributed by atoms with van der Waals surface area (Å²) in [6.07, 6.45) is -0.154. The second-order valence-electron chi connectivity index (χ2n) is 6.80. The minimum absolute atomic E-state index is 0.0909. The zero-order valence-electron chi connectivity index (χ0n) is 15.6. The Morgan fingerprint density at radius 2 is 1.70 bits per heavy atom. The Hall–Kier alpha value is -3.28. The first-order valence-corrected chi connectivity index (χ1v) is 8.54. The number of carbonyl (C=O) groups excluding carboxylic acids is 1. The maximum absolute atomic E-state index is 12.6. The largest absolute Gasteiger partial charge is 0.504 e. The molecule has 3 N–H and O–H groups in total. The predicted octanol–water partition coefficient (Wildman–Crippen LogP) is 3.62. The number of benzene rings is 2. The van der Waals surface area contributed by atoms with Gasteiger partial charge in [-0.15, -0.1) is 0 Å². The fourth-order valence-corrected chi connectivity index (χ4v) is 3.36. The summed E-state index contributed by atoms with van der Waals surface area (Å²) in [6.45, 7) is 7.50. The van der Waals surface area contributed by atoms with Crippen LogP contribution in [0.25, 0.3) is 11.0 Å². The Kier molecular flexibility index (Phi) is 4.66. The Morgan fingerprint density at radius 3 is 2.33 bits per heavy atom. The molecule has 0 spiro atoms. The van der Waals surface area contributed by atoms with Gasteiger partial charge in [-0.1, -0.05) is 17.7 Å². The summed E-state index contributed by atoms with van der Waals surface area (Å²) in [6, 6.07) is 6.81. The van der Waals surface area contributed by atoms with Gasteiger partial charge in [-0.05, 0) is 56.5 Å². The van der Waals surface area contributed by atoms with E-state index in [1.54, 1.807) is 13.0 Å². The first-order valence-electron chi connectivity index (χ1n) is 8.54. The molecule has 0 bridgehead atoms. The lowest BCUT2D eigenvalue weighted by Crippen LogP contribution is -2.21. The van der Waals surface area contributed by atoms with E-state index < -0.39 is 11.4 Å². The van der Waals surface area contributed by atoms with Crippen molar-refractivity contribution in [2.24, 2.45) is 0 Å². The molecule has 3 aromatic rings. The molecule has 0 aliphatic heterocycles. The molecule has 140 valence electrons. The van der Waals surface area contributed by atoms with Gasteiger partial charge < -0.3 is 19.9 Å². The highest BCUT2D eigenvalue weighted by Crippen LogP contribution is 2.34. The minimum Gasteiger partial charge on any atom is -0.504 e.